The second-order valence-corrected chi connectivity index (χ2v) is 8.05. The maximum atomic E-state index is 13.1. The summed E-state index contributed by atoms with van der Waals surface area (Å²) in [6.45, 7) is 5.80. The number of rotatable bonds is 7. The maximum Gasteiger partial charge on any atom is 0.270 e. The van der Waals surface area contributed by atoms with Crippen LogP contribution in [0.2, 0.25) is 0 Å². The predicted molar refractivity (Wildman–Crippen MR) is 123 cm³/mol. The number of ether oxygens (including phenoxy) is 1. The number of hydrogen-bond acceptors (Lipinski definition) is 4. The van der Waals surface area contributed by atoms with Crippen molar-refractivity contribution in [1.82, 2.24) is 20.0 Å². The minimum Gasteiger partial charge on any atom is -0.497 e. The Morgan fingerprint density at radius 3 is 2.58 bits per heavy atom. The number of nitrogens with zero attached hydrogens (tertiary/aromatic N) is 3. The van der Waals surface area contributed by atoms with Crippen molar-refractivity contribution in [1.29, 1.82) is 0 Å². The van der Waals surface area contributed by atoms with Gasteiger partial charge in [0.05, 0.1) is 18.5 Å². The Bertz CT molecular complexity index is 1020. The Kier molecular flexibility index (Phi) is 6.67. The molecule has 0 radical (unpaired) electrons. The number of benzene rings is 2. The summed E-state index contributed by atoms with van der Waals surface area (Å²) in [6, 6.07) is 17.6. The van der Waals surface area contributed by atoms with Crippen LogP contribution in [0, 0.1) is 6.92 Å². The molecule has 4 rings (SSSR count). The number of amides is 1. The van der Waals surface area contributed by atoms with Gasteiger partial charge in [-0.3, -0.25) is 4.79 Å². The molecule has 0 atom stereocenters. The van der Waals surface area contributed by atoms with Crippen molar-refractivity contribution in [3.05, 3.63) is 65.9 Å². The molecule has 162 valence electrons. The molecule has 1 aromatic heterocycles. The molecular formula is C25H30N4O2. The first-order valence-corrected chi connectivity index (χ1v) is 11.0. The number of hydrogen-bond donors (Lipinski definition) is 1. The number of nitrogens with one attached hydrogen (secondary N) is 1. The van der Waals surface area contributed by atoms with Crippen LogP contribution in [0.3, 0.4) is 0 Å². The van der Waals surface area contributed by atoms with Gasteiger partial charge in [-0.15, -0.1) is 0 Å². The first kappa shape index (κ1) is 21.1. The van der Waals surface area contributed by atoms with Crippen LogP contribution in [0.1, 0.15) is 35.3 Å². The largest absolute Gasteiger partial charge is 0.497 e. The number of methoxy groups -OCH3 is 1. The summed E-state index contributed by atoms with van der Waals surface area (Å²) in [5.74, 6) is 0.647. The lowest BCUT2D eigenvalue weighted by Gasteiger charge is -2.26. The first-order chi connectivity index (χ1) is 15.1. The van der Waals surface area contributed by atoms with Crippen molar-refractivity contribution in [2.45, 2.75) is 26.2 Å². The van der Waals surface area contributed by atoms with Crippen molar-refractivity contribution < 1.29 is 9.53 Å². The van der Waals surface area contributed by atoms with E-state index in [0.717, 1.165) is 47.9 Å². The van der Waals surface area contributed by atoms with Gasteiger partial charge in [0.2, 0.25) is 0 Å². The molecule has 2 aromatic carbocycles. The monoisotopic (exact) mass is 418 g/mol. The summed E-state index contributed by atoms with van der Waals surface area (Å²) < 4.78 is 7.08. The van der Waals surface area contributed by atoms with Gasteiger partial charge < -0.3 is 15.0 Å². The van der Waals surface area contributed by atoms with Crippen LogP contribution in [0.15, 0.2) is 54.6 Å². The van der Waals surface area contributed by atoms with Crippen molar-refractivity contribution in [3.8, 4) is 22.7 Å². The molecule has 2 heterocycles. The number of aryl methyl sites for hydroxylation is 1. The Morgan fingerprint density at radius 1 is 1.06 bits per heavy atom. The number of carbonyl (C=O) groups is 1. The van der Waals surface area contributed by atoms with Crippen LogP contribution in [0.25, 0.3) is 16.9 Å². The molecule has 1 N–H and O–H groups in total. The normalized spacial score (nSPS) is 14.4. The first-order valence-electron chi connectivity index (χ1n) is 11.0. The molecule has 6 nitrogen and oxygen atoms in total. The molecule has 0 spiro atoms. The Hall–Kier alpha value is -3.12. The highest BCUT2D eigenvalue weighted by Gasteiger charge is 2.18. The minimum atomic E-state index is -0.112. The standard InChI is InChI=1S/C25H30N4O2/c1-19-9-11-21(12-10-19)29-24(25(30)26-13-16-28-14-4-3-5-15-28)18-23(27-29)20-7-6-8-22(17-20)31-2/h6-12,17-18H,3-5,13-16H2,1-2H3,(H,26,30). The molecule has 1 amide bonds. The minimum absolute atomic E-state index is 0.112. The molecule has 1 aliphatic heterocycles. The molecule has 3 aromatic rings. The quantitative estimate of drug-likeness (QED) is 0.628. The second kappa shape index (κ2) is 9.79. The Labute approximate surface area is 183 Å². The van der Waals surface area contributed by atoms with Crippen molar-refractivity contribution in [2.75, 3.05) is 33.3 Å². The van der Waals surface area contributed by atoms with Gasteiger partial charge in [0.15, 0.2) is 0 Å². The van der Waals surface area contributed by atoms with E-state index in [9.17, 15) is 4.79 Å². The fourth-order valence-electron chi connectivity index (χ4n) is 3.95. The smallest absolute Gasteiger partial charge is 0.270 e. The summed E-state index contributed by atoms with van der Waals surface area (Å²) in [5.41, 5.74) is 4.20. The van der Waals surface area contributed by atoms with Crippen LogP contribution in [-0.4, -0.2) is 53.9 Å². The Balaban J connectivity index is 1.58. The van der Waals surface area contributed by atoms with Gasteiger partial charge in [-0.05, 0) is 63.2 Å². The molecule has 31 heavy (non-hydrogen) atoms. The Morgan fingerprint density at radius 2 is 1.84 bits per heavy atom. The van der Waals surface area contributed by atoms with Crippen LogP contribution >= 0.6 is 0 Å². The van der Waals surface area contributed by atoms with Gasteiger partial charge in [0.25, 0.3) is 5.91 Å². The molecular weight excluding hydrogens is 388 g/mol. The van der Waals surface area contributed by atoms with E-state index in [-0.39, 0.29) is 5.91 Å². The average Bonchev–Trinajstić information content (AvgIpc) is 3.26. The number of aromatic nitrogens is 2. The number of likely N-dealkylation sites (tertiary alicyclic amines) is 1. The van der Waals surface area contributed by atoms with E-state index in [4.69, 9.17) is 9.84 Å². The lowest BCUT2D eigenvalue weighted by molar-refractivity contribution is 0.0939. The molecule has 0 unspecified atom stereocenters. The second-order valence-electron chi connectivity index (χ2n) is 8.05. The van der Waals surface area contributed by atoms with Crippen LogP contribution in [0.4, 0.5) is 0 Å². The van der Waals surface area contributed by atoms with Gasteiger partial charge in [-0.2, -0.15) is 5.10 Å². The molecule has 1 aliphatic rings. The van der Waals surface area contributed by atoms with Gasteiger partial charge in [0, 0.05) is 18.7 Å². The maximum absolute atomic E-state index is 13.1. The lowest BCUT2D eigenvalue weighted by Crippen LogP contribution is -2.38. The van der Waals surface area contributed by atoms with Crippen LogP contribution in [-0.2, 0) is 0 Å². The zero-order chi connectivity index (χ0) is 21.6. The van der Waals surface area contributed by atoms with Gasteiger partial charge in [-0.1, -0.05) is 36.2 Å². The van der Waals surface area contributed by atoms with E-state index in [1.165, 1.54) is 19.3 Å². The summed E-state index contributed by atoms with van der Waals surface area (Å²) >= 11 is 0. The third-order valence-electron chi connectivity index (χ3n) is 5.75. The van der Waals surface area contributed by atoms with E-state index in [2.05, 4.69) is 10.2 Å². The van der Waals surface area contributed by atoms with E-state index in [1.54, 1.807) is 11.8 Å². The third-order valence-corrected chi connectivity index (χ3v) is 5.75. The molecule has 0 aliphatic carbocycles. The topological polar surface area (TPSA) is 59.4 Å². The zero-order valence-electron chi connectivity index (χ0n) is 18.3. The average molecular weight is 419 g/mol. The third kappa shape index (κ3) is 5.14. The van der Waals surface area contributed by atoms with E-state index in [1.807, 2.05) is 61.5 Å². The van der Waals surface area contributed by atoms with Crippen molar-refractivity contribution in [2.24, 2.45) is 0 Å². The van der Waals surface area contributed by atoms with E-state index >= 15 is 0 Å². The summed E-state index contributed by atoms with van der Waals surface area (Å²) in [4.78, 5) is 15.5. The van der Waals surface area contributed by atoms with E-state index < -0.39 is 0 Å². The van der Waals surface area contributed by atoms with Crippen molar-refractivity contribution >= 4 is 5.91 Å². The number of piperidine rings is 1. The van der Waals surface area contributed by atoms with Crippen molar-refractivity contribution in [3.63, 3.8) is 0 Å². The molecule has 6 heteroatoms. The molecule has 0 bridgehead atoms. The van der Waals surface area contributed by atoms with Gasteiger partial charge in [-0.25, -0.2) is 4.68 Å². The summed E-state index contributed by atoms with van der Waals surface area (Å²) in [6.07, 6.45) is 3.81. The van der Waals surface area contributed by atoms with Gasteiger partial charge >= 0.3 is 0 Å². The summed E-state index contributed by atoms with van der Waals surface area (Å²) in [5, 5.41) is 7.85. The van der Waals surface area contributed by atoms with Crippen LogP contribution in [0.5, 0.6) is 5.75 Å². The molecule has 0 saturated carbocycles. The molecule has 1 saturated heterocycles. The zero-order valence-corrected chi connectivity index (χ0v) is 18.3. The molecule has 1 fully saturated rings. The fraction of sp³-hybridized carbons (Fsp3) is 0.360. The highest BCUT2D eigenvalue weighted by atomic mass is 16.5. The predicted octanol–water partition coefficient (Wildman–Crippen LogP) is 4.07. The highest BCUT2D eigenvalue weighted by Crippen LogP contribution is 2.25. The SMILES string of the molecule is COc1cccc(-c2cc(C(=O)NCCN3CCCCC3)n(-c3ccc(C)cc3)n2)c1. The lowest BCUT2D eigenvalue weighted by atomic mass is 10.1. The van der Waals surface area contributed by atoms with Crippen LogP contribution < -0.4 is 10.1 Å². The van der Waals surface area contributed by atoms with E-state index in [0.29, 0.717) is 12.2 Å². The van der Waals surface area contributed by atoms with Gasteiger partial charge in [0.1, 0.15) is 11.4 Å². The number of carbonyl (C=O) groups excluding carboxylic acids is 1. The summed E-state index contributed by atoms with van der Waals surface area (Å²) in [7, 11) is 1.64. The highest BCUT2D eigenvalue weighted by molar-refractivity contribution is 5.94. The fourth-order valence-corrected chi connectivity index (χ4v) is 3.95.